The second kappa shape index (κ2) is 3.32. The molecular formula is C13H20. The van der Waals surface area contributed by atoms with E-state index in [-0.39, 0.29) is 0 Å². The van der Waals surface area contributed by atoms with E-state index in [1.54, 1.807) is 0 Å². The maximum absolute atomic E-state index is 3.92. The zero-order valence-corrected chi connectivity index (χ0v) is 8.47. The molecule has 0 heteroatoms. The van der Waals surface area contributed by atoms with Crippen molar-refractivity contribution in [2.24, 2.45) is 17.3 Å². The summed E-state index contributed by atoms with van der Waals surface area (Å²) in [4.78, 5) is 0. The van der Waals surface area contributed by atoms with E-state index >= 15 is 0 Å². The van der Waals surface area contributed by atoms with Gasteiger partial charge in [0.1, 0.15) is 0 Å². The van der Waals surface area contributed by atoms with Crippen molar-refractivity contribution in [2.45, 2.75) is 38.5 Å². The van der Waals surface area contributed by atoms with Crippen molar-refractivity contribution in [3.8, 4) is 0 Å². The van der Waals surface area contributed by atoms with Crippen LogP contribution in [-0.4, -0.2) is 0 Å². The minimum atomic E-state index is 0.692. The molecule has 2 unspecified atom stereocenters. The fourth-order valence-corrected chi connectivity index (χ4v) is 3.32. The number of rotatable bonds is 2. The SMILES string of the molecule is C=CC1CCC2(CCC(C=C)C2)C1. The number of hydrogen-bond acceptors (Lipinski definition) is 0. The molecule has 0 aromatic carbocycles. The van der Waals surface area contributed by atoms with E-state index in [1.807, 2.05) is 0 Å². The Kier molecular flexibility index (Phi) is 2.31. The molecule has 0 N–H and O–H groups in total. The number of hydrogen-bond donors (Lipinski definition) is 0. The maximum atomic E-state index is 3.92. The first-order valence-corrected chi connectivity index (χ1v) is 5.53. The first-order valence-electron chi connectivity index (χ1n) is 5.53. The quantitative estimate of drug-likeness (QED) is 0.559. The maximum Gasteiger partial charge on any atom is -0.0231 e. The van der Waals surface area contributed by atoms with Crippen LogP contribution in [0.15, 0.2) is 25.3 Å². The molecule has 2 aliphatic rings. The van der Waals surface area contributed by atoms with Gasteiger partial charge in [-0.05, 0) is 55.8 Å². The fourth-order valence-electron chi connectivity index (χ4n) is 3.32. The largest absolute Gasteiger partial charge is 0.103 e. The second-order valence-electron chi connectivity index (χ2n) is 4.98. The molecule has 13 heavy (non-hydrogen) atoms. The summed E-state index contributed by atoms with van der Waals surface area (Å²) < 4.78 is 0. The van der Waals surface area contributed by atoms with Gasteiger partial charge in [-0.1, -0.05) is 12.2 Å². The lowest BCUT2D eigenvalue weighted by molar-refractivity contribution is 0.295. The van der Waals surface area contributed by atoms with Gasteiger partial charge in [0.05, 0.1) is 0 Å². The molecular weight excluding hydrogens is 156 g/mol. The lowest BCUT2D eigenvalue weighted by atomic mass is 9.83. The zero-order chi connectivity index (χ0) is 9.31. The van der Waals surface area contributed by atoms with E-state index in [2.05, 4.69) is 25.3 Å². The average Bonchev–Trinajstić information content (AvgIpc) is 2.74. The van der Waals surface area contributed by atoms with E-state index in [1.165, 1.54) is 38.5 Å². The minimum Gasteiger partial charge on any atom is -0.103 e. The summed E-state index contributed by atoms with van der Waals surface area (Å²) in [6.45, 7) is 7.83. The standard InChI is InChI=1S/C13H20/c1-3-11-5-7-13(9-11)8-6-12(4-2)10-13/h3-4,11-12H,1-2,5-10H2. The highest BCUT2D eigenvalue weighted by atomic mass is 14.5. The van der Waals surface area contributed by atoms with Crippen molar-refractivity contribution in [2.75, 3.05) is 0 Å². The molecule has 0 aromatic heterocycles. The lowest BCUT2D eigenvalue weighted by Gasteiger charge is -2.22. The van der Waals surface area contributed by atoms with E-state index < -0.39 is 0 Å². The monoisotopic (exact) mass is 176 g/mol. The summed E-state index contributed by atoms with van der Waals surface area (Å²) in [5.74, 6) is 1.62. The predicted octanol–water partition coefficient (Wildman–Crippen LogP) is 3.95. The third-order valence-corrected chi connectivity index (χ3v) is 4.15. The second-order valence-corrected chi connectivity index (χ2v) is 4.98. The summed E-state index contributed by atoms with van der Waals surface area (Å²) in [5.41, 5.74) is 0.692. The average molecular weight is 176 g/mol. The van der Waals surface area contributed by atoms with Crippen molar-refractivity contribution in [1.82, 2.24) is 0 Å². The van der Waals surface area contributed by atoms with Gasteiger partial charge in [0.15, 0.2) is 0 Å². The summed E-state index contributed by atoms with van der Waals surface area (Å²) in [6, 6.07) is 0. The van der Waals surface area contributed by atoms with Crippen LogP contribution in [0, 0.1) is 17.3 Å². The Bertz CT molecular complexity index is 190. The third-order valence-electron chi connectivity index (χ3n) is 4.15. The molecule has 0 radical (unpaired) electrons. The molecule has 0 heterocycles. The van der Waals surface area contributed by atoms with E-state index in [4.69, 9.17) is 0 Å². The van der Waals surface area contributed by atoms with Crippen LogP contribution in [-0.2, 0) is 0 Å². The van der Waals surface area contributed by atoms with Crippen LogP contribution in [0.3, 0.4) is 0 Å². The highest BCUT2D eigenvalue weighted by Gasteiger charge is 2.42. The molecule has 2 atom stereocenters. The van der Waals surface area contributed by atoms with Gasteiger partial charge in [0, 0.05) is 0 Å². The Hall–Kier alpha value is -0.520. The van der Waals surface area contributed by atoms with Crippen LogP contribution >= 0.6 is 0 Å². The number of allylic oxidation sites excluding steroid dienone is 2. The van der Waals surface area contributed by atoms with E-state index in [9.17, 15) is 0 Å². The van der Waals surface area contributed by atoms with Gasteiger partial charge in [0.2, 0.25) is 0 Å². The van der Waals surface area contributed by atoms with Crippen molar-refractivity contribution in [3.05, 3.63) is 25.3 Å². The van der Waals surface area contributed by atoms with Gasteiger partial charge >= 0.3 is 0 Å². The van der Waals surface area contributed by atoms with Crippen LogP contribution in [0.5, 0.6) is 0 Å². The normalized spacial score (nSPS) is 44.0. The summed E-state index contributed by atoms with van der Waals surface area (Å²) in [6.07, 6.45) is 12.8. The first kappa shape index (κ1) is 9.05. The molecule has 0 bridgehead atoms. The Morgan fingerprint density at radius 3 is 1.69 bits per heavy atom. The molecule has 0 aromatic rings. The summed E-state index contributed by atoms with van der Waals surface area (Å²) in [7, 11) is 0. The Labute approximate surface area is 81.7 Å². The third kappa shape index (κ3) is 1.59. The van der Waals surface area contributed by atoms with Gasteiger partial charge in [-0.2, -0.15) is 0 Å². The molecule has 2 aliphatic carbocycles. The van der Waals surface area contributed by atoms with Crippen LogP contribution in [0.2, 0.25) is 0 Å². The molecule has 1 spiro atoms. The first-order chi connectivity index (χ1) is 6.28. The predicted molar refractivity (Wildman–Crippen MR) is 57.5 cm³/mol. The Balaban J connectivity index is 2.00. The van der Waals surface area contributed by atoms with Gasteiger partial charge in [-0.15, -0.1) is 13.2 Å². The van der Waals surface area contributed by atoms with Crippen molar-refractivity contribution in [1.29, 1.82) is 0 Å². The van der Waals surface area contributed by atoms with Gasteiger partial charge in [0.25, 0.3) is 0 Å². The molecule has 2 saturated carbocycles. The molecule has 0 saturated heterocycles. The van der Waals surface area contributed by atoms with Crippen molar-refractivity contribution in [3.63, 3.8) is 0 Å². The van der Waals surface area contributed by atoms with Crippen LogP contribution in [0.1, 0.15) is 38.5 Å². The van der Waals surface area contributed by atoms with Gasteiger partial charge in [-0.3, -0.25) is 0 Å². The Morgan fingerprint density at radius 1 is 0.923 bits per heavy atom. The minimum absolute atomic E-state index is 0.692. The molecule has 2 rings (SSSR count). The van der Waals surface area contributed by atoms with E-state index in [0.29, 0.717) is 5.41 Å². The molecule has 0 nitrogen and oxygen atoms in total. The molecule has 0 aliphatic heterocycles. The van der Waals surface area contributed by atoms with Gasteiger partial charge < -0.3 is 0 Å². The fraction of sp³-hybridized carbons (Fsp3) is 0.692. The van der Waals surface area contributed by atoms with Crippen LogP contribution in [0.4, 0.5) is 0 Å². The topological polar surface area (TPSA) is 0 Å². The molecule has 2 fully saturated rings. The summed E-state index contributed by atoms with van der Waals surface area (Å²) in [5, 5.41) is 0. The van der Waals surface area contributed by atoms with Crippen molar-refractivity contribution >= 4 is 0 Å². The van der Waals surface area contributed by atoms with Crippen molar-refractivity contribution < 1.29 is 0 Å². The van der Waals surface area contributed by atoms with Crippen LogP contribution in [0.25, 0.3) is 0 Å². The lowest BCUT2D eigenvalue weighted by Crippen LogP contribution is -2.11. The Morgan fingerprint density at radius 2 is 1.38 bits per heavy atom. The molecule has 72 valence electrons. The van der Waals surface area contributed by atoms with Gasteiger partial charge in [-0.25, -0.2) is 0 Å². The zero-order valence-electron chi connectivity index (χ0n) is 8.47. The highest BCUT2D eigenvalue weighted by molar-refractivity contribution is 5.02. The smallest absolute Gasteiger partial charge is 0.0231 e. The molecule has 0 amide bonds. The summed E-state index contributed by atoms with van der Waals surface area (Å²) >= 11 is 0. The van der Waals surface area contributed by atoms with Crippen LogP contribution < -0.4 is 0 Å². The highest BCUT2D eigenvalue weighted by Crippen LogP contribution is 2.54. The van der Waals surface area contributed by atoms with E-state index in [0.717, 1.165) is 11.8 Å².